The van der Waals surface area contributed by atoms with E-state index in [0.29, 0.717) is 5.69 Å². The third-order valence-electron chi connectivity index (χ3n) is 1.78. The summed E-state index contributed by atoms with van der Waals surface area (Å²) in [4.78, 5) is 10.2. The monoisotopic (exact) mass is 145 g/mol. The van der Waals surface area contributed by atoms with Crippen molar-refractivity contribution in [1.82, 2.24) is 0 Å². The van der Waals surface area contributed by atoms with Crippen molar-refractivity contribution in [3.63, 3.8) is 0 Å². The molecule has 0 aliphatic rings. The van der Waals surface area contributed by atoms with E-state index in [-0.39, 0.29) is 0 Å². The Balaban J connectivity index is 3.12. The molecule has 0 atom stereocenters. The molecule has 11 heavy (non-hydrogen) atoms. The minimum Gasteiger partial charge on any atom is -0.145 e. The maximum absolute atomic E-state index is 10.2. The summed E-state index contributed by atoms with van der Waals surface area (Å²) in [5, 5.41) is 2.93. The topological polar surface area (TPSA) is 29.4 Å². The number of benzene rings is 1. The zero-order valence-electron chi connectivity index (χ0n) is 6.79. The third kappa shape index (κ3) is 1.70. The van der Waals surface area contributed by atoms with E-state index in [1.165, 1.54) is 0 Å². The number of hydrogen-bond acceptors (Lipinski definition) is 2. The highest BCUT2D eigenvalue weighted by Crippen LogP contribution is 2.09. The van der Waals surface area contributed by atoms with E-state index in [2.05, 4.69) is 13.0 Å². The van der Waals surface area contributed by atoms with Crippen molar-refractivity contribution >= 4 is 26.8 Å². The lowest BCUT2D eigenvalue weighted by atomic mass is 9.89. The molecule has 0 saturated carbocycles. The molecule has 2 nitrogen and oxygen atoms in total. The minimum atomic E-state index is 0.560. The fourth-order valence-electron chi connectivity index (χ4n) is 0.973. The Morgan fingerprint density at radius 2 is 2.18 bits per heavy atom. The van der Waals surface area contributed by atoms with Crippen LogP contribution in [0.2, 0.25) is 0 Å². The van der Waals surface area contributed by atoms with E-state index in [1.807, 2.05) is 26.0 Å². The Hall–Kier alpha value is -1.05. The molecular weight excluding hydrogens is 136 g/mol. The molecule has 0 heterocycles. The third-order valence-corrected chi connectivity index (χ3v) is 1.78. The Morgan fingerprint density at radius 1 is 1.45 bits per heavy atom. The Kier molecular flexibility index (Phi) is 2.47. The van der Waals surface area contributed by atoms with Crippen LogP contribution in [0.25, 0.3) is 0 Å². The smallest absolute Gasteiger partial charge is 0.142 e. The van der Waals surface area contributed by atoms with Gasteiger partial charge in [0.2, 0.25) is 0 Å². The first-order valence-electron chi connectivity index (χ1n) is 3.70. The Labute approximate surface area is 67.8 Å². The standard InChI is InChI=1S/C7H9B2NO/c8-4-5-1-2-6(9)7(3-5)10-11/h1-3H,4,8-9H2. The lowest BCUT2D eigenvalue weighted by molar-refractivity contribution is 1.38. The van der Waals surface area contributed by atoms with Crippen LogP contribution < -0.4 is 5.46 Å². The van der Waals surface area contributed by atoms with Crippen LogP contribution in [0.4, 0.5) is 5.69 Å². The normalized spacial score (nSPS) is 9.45. The summed E-state index contributed by atoms with van der Waals surface area (Å²) in [6.45, 7) is 0. The molecule has 54 valence electrons. The second-order valence-corrected chi connectivity index (χ2v) is 2.57. The Bertz CT molecular complexity index is 275. The van der Waals surface area contributed by atoms with Gasteiger partial charge in [-0.3, -0.25) is 0 Å². The summed E-state index contributed by atoms with van der Waals surface area (Å²) >= 11 is 0. The van der Waals surface area contributed by atoms with Gasteiger partial charge in [-0.1, -0.05) is 29.5 Å². The van der Waals surface area contributed by atoms with Crippen molar-refractivity contribution in [3.05, 3.63) is 28.7 Å². The van der Waals surface area contributed by atoms with E-state index < -0.39 is 0 Å². The molecule has 1 aromatic rings. The summed E-state index contributed by atoms with van der Waals surface area (Å²) in [5.74, 6) is 0. The van der Waals surface area contributed by atoms with E-state index >= 15 is 0 Å². The van der Waals surface area contributed by atoms with Gasteiger partial charge in [0.15, 0.2) is 0 Å². The summed E-state index contributed by atoms with van der Waals surface area (Å²) in [5.41, 5.74) is 2.66. The molecule has 0 spiro atoms. The van der Waals surface area contributed by atoms with Crippen LogP contribution in [0.1, 0.15) is 5.56 Å². The molecule has 0 amide bonds. The molecule has 0 saturated heterocycles. The van der Waals surface area contributed by atoms with Crippen LogP contribution in [0.15, 0.2) is 23.4 Å². The number of nitrogens with zero attached hydrogens (tertiary/aromatic N) is 1. The number of rotatable bonds is 2. The highest BCUT2D eigenvalue weighted by Gasteiger charge is 1.97. The first kappa shape index (κ1) is 8.05. The van der Waals surface area contributed by atoms with Crippen molar-refractivity contribution in [2.75, 3.05) is 0 Å². The summed E-state index contributed by atoms with van der Waals surface area (Å²) < 4.78 is 0. The molecule has 1 aromatic carbocycles. The molecule has 0 unspecified atom stereocenters. The summed E-state index contributed by atoms with van der Waals surface area (Å²) in [6, 6.07) is 5.78. The van der Waals surface area contributed by atoms with Crippen LogP contribution in [0, 0.1) is 4.91 Å². The summed E-state index contributed by atoms with van der Waals surface area (Å²) in [7, 11) is 3.94. The average molecular weight is 145 g/mol. The second kappa shape index (κ2) is 3.37. The van der Waals surface area contributed by atoms with Gasteiger partial charge in [0.05, 0.1) is 0 Å². The van der Waals surface area contributed by atoms with Gasteiger partial charge in [0.25, 0.3) is 0 Å². The maximum Gasteiger partial charge on any atom is 0.142 e. The van der Waals surface area contributed by atoms with Crippen LogP contribution in [0.5, 0.6) is 0 Å². The summed E-state index contributed by atoms with van der Waals surface area (Å²) in [6.07, 6.45) is 0.947. The van der Waals surface area contributed by atoms with E-state index in [1.54, 1.807) is 0 Å². The van der Waals surface area contributed by atoms with Crippen LogP contribution in [-0.2, 0) is 6.32 Å². The molecule has 4 heteroatoms. The highest BCUT2D eigenvalue weighted by molar-refractivity contribution is 6.35. The largest absolute Gasteiger partial charge is 0.145 e. The van der Waals surface area contributed by atoms with Gasteiger partial charge in [-0.25, -0.2) is 0 Å². The molecule has 0 fully saturated rings. The van der Waals surface area contributed by atoms with E-state index in [0.717, 1.165) is 17.3 Å². The van der Waals surface area contributed by atoms with Crippen LogP contribution in [0.3, 0.4) is 0 Å². The van der Waals surface area contributed by atoms with Gasteiger partial charge < -0.3 is 0 Å². The van der Waals surface area contributed by atoms with Gasteiger partial charge in [-0.2, -0.15) is 0 Å². The maximum atomic E-state index is 10.2. The van der Waals surface area contributed by atoms with Gasteiger partial charge in [0, 0.05) is 0 Å². The number of nitroso groups, excluding NO2 is 1. The zero-order chi connectivity index (χ0) is 8.27. The first-order valence-corrected chi connectivity index (χ1v) is 3.70. The zero-order valence-corrected chi connectivity index (χ0v) is 6.79. The predicted molar refractivity (Wildman–Crippen MR) is 52.3 cm³/mol. The minimum absolute atomic E-state index is 0.560. The molecule has 0 aliphatic carbocycles. The molecule has 0 aliphatic heterocycles. The van der Waals surface area contributed by atoms with E-state index in [9.17, 15) is 4.91 Å². The Morgan fingerprint density at radius 3 is 2.73 bits per heavy atom. The van der Waals surface area contributed by atoms with Crippen LogP contribution >= 0.6 is 0 Å². The molecule has 0 bridgehead atoms. The molecule has 0 N–H and O–H groups in total. The average Bonchev–Trinajstić information content (AvgIpc) is 2.05. The SMILES string of the molecule is BCc1ccc(B)c(N=O)c1. The lowest BCUT2D eigenvalue weighted by Crippen LogP contribution is -2.02. The molecule has 0 aromatic heterocycles. The lowest BCUT2D eigenvalue weighted by Gasteiger charge is -1.99. The van der Waals surface area contributed by atoms with Crippen molar-refractivity contribution in [1.29, 1.82) is 0 Å². The van der Waals surface area contributed by atoms with Crippen molar-refractivity contribution in [2.24, 2.45) is 5.18 Å². The predicted octanol–water partition coefficient (Wildman–Crippen LogP) is -0.524. The van der Waals surface area contributed by atoms with Crippen molar-refractivity contribution in [2.45, 2.75) is 6.32 Å². The fourth-order valence-corrected chi connectivity index (χ4v) is 0.973. The van der Waals surface area contributed by atoms with Crippen molar-refractivity contribution < 1.29 is 0 Å². The van der Waals surface area contributed by atoms with Gasteiger partial charge in [-0.15, -0.1) is 4.91 Å². The van der Waals surface area contributed by atoms with Gasteiger partial charge >= 0.3 is 0 Å². The van der Waals surface area contributed by atoms with Gasteiger partial charge in [-0.05, 0) is 11.2 Å². The molecule has 0 radical (unpaired) electrons. The molecular formula is C7H9B2NO. The van der Waals surface area contributed by atoms with Crippen molar-refractivity contribution in [3.8, 4) is 0 Å². The first-order chi connectivity index (χ1) is 5.27. The van der Waals surface area contributed by atoms with Crippen LogP contribution in [-0.4, -0.2) is 15.7 Å². The number of hydrogen-bond donors (Lipinski definition) is 0. The van der Waals surface area contributed by atoms with E-state index in [4.69, 9.17) is 0 Å². The van der Waals surface area contributed by atoms with Gasteiger partial charge in [0.1, 0.15) is 21.4 Å². The second-order valence-electron chi connectivity index (χ2n) is 2.57. The fraction of sp³-hybridized carbons (Fsp3) is 0.143. The molecule has 1 rings (SSSR count). The quantitative estimate of drug-likeness (QED) is 0.406. The highest BCUT2D eigenvalue weighted by atomic mass is 16.3.